The van der Waals surface area contributed by atoms with Crippen LogP contribution in [-0.2, 0) is 9.53 Å². The van der Waals surface area contributed by atoms with Crippen LogP contribution in [0.15, 0.2) is 0 Å². The Morgan fingerprint density at radius 2 is 1.95 bits per heavy atom. The van der Waals surface area contributed by atoms with Gasteiger partial charge in [-0.25, -0.2) is 0 Å². The number of carbonyl (C=O) groups is 1. The predicted octanol–water partition coefficient (Wildman–Crippen LogP) is 2.12. The Bertz CT molecular complexity index is 221. The first kappa shape index (κ1) is 18.7. The highest BCUT2D eigenvalue weighted by atomic mass is 35.5. The summed E-state index contributed by atoms with van der Waals surface area (Å²) in [6.07, 6.45) is 9.42. The molecule has 0 aliphatic heterocycles. The second-order valence-corrected chi connectivity index (χ2v) is 5.17. The van der Waals surface area contributed by atoms with Crippen LogP contribution < -0.4 is 10.6 Å². The molecule has 1 aliphatic rings. The first-order chi connectivity index (χ1) is 8.83. The lowest BCUT2D eigenvalue weighted by molar-refractivity contribution is -0.120. The smallest absolute Gasteiger partial charge is 0.233 e. The van der Waals surface area contributed by atoms with Crippen LogP contribution in [0.3, 0.4) is 0 Å². The number of carbonyl (C=O) groups excluding carboxylic acids is 1. The Morgan fingerprint density at radius 3 is 2.63 bits per heavy atom. The van der Waals surface area contributed by atoms with E-state index in [1.807, 2.05) is 0 Å². The lowest BCUT2D eigenvalue weighted by Gasteiger charge is -2.09. The fraction of sp³-hybridized carbons (Fsp3) is 0.929. The molecule has 1 aliphatic carbocycles. The predicted molar refractivity (Wildman–Crippen MR) is 80.8 cm³/mol. The van der Waals surface area contributed by atoms with E-state index in [4.69, 9.17) is 4.74 Å². The summed E-state index contributed by atoms with van der Waals surface area (Å²) in [6.45, 7) is 2.59. The van der Waals surface area contributed by atoms with Crippen LogP contribution in [0.5, 0.6) is 0 Å². The van der Waals surface area contributed by atoms with Crippen LogP contribution in [0.2, 0.25) is 0 Å². The monoisotopic (exact) mass is 292 g/mol. The summed E-state index contributed by atoms with van der Waals surface area (Å²) in [5.41, 5.74) is 0. The zero-order valence-electron chi connectivity index (χ0n) is 12.1. The summed E-state index contributed by atoms with van der Waals surface area (Å²) in [7, 11) is 1.66. The molecule has 0 radical (unpaired) electrons. The number of nitrogens with one attached hydrogen (secondary N) is 2. The normalized spacial score (nSPS) is 15.2. The largest absolute Gasteiger partial charge is 0.383 e. The molecule has 0 aromatic heterocycles. The third-order valence-electron chi connectivity index (χ3n) is 3.60. The Labute approximate surface area is 123 Å². The summed E-state index contributed by atoms with van der Waals surface area (Å²) in [5.74, 6) is 1.06. The second-order valence-electron chi connectivity index (χ2n) is 5.17. The van der Waals surface area contributed by atoms with E-state index >= 15 is 0 Å². The maximum atomic E-state index is 11.4. The second kappa shape index (κ2) is 12.7. The molecule has 19 heavy (non-hydrogen) atoms. The summed E-state index contributed by atoms with van der Waals surface area (Å²) in [4.78, 5) is 11.4. The summed E-state index contributed by atoms with van der Waals surface area (Å²) < 4.78 is 4.89. The van der Waals surface area contributed by atoms with Crippen LogP contribution in [0, 0.1) is 5.92 Å². The molecule has 1 fully saturated rings. The van der Waals surface area contributed by atoms with Crippen molar-refractivity contribution in [1.29, 1.82) is 0 Å². The number of ether oxygens (including phenoxy) is 1. The van der Waals surface area contributed by atoms with Gasteiger partial charge in [0.15, 0.2) is 0 Å². The quantitative estimate of drug-likeness (QED) is 0.607. The van der Waals surface area contributed by atoms with E-state index in [2.05, 4.69) is 10.6 Å². The molecule has 0 atom stereocenters. The summed E-state index contributed by atoms with van der Waals surface area (Å²) >= 11 is 0. The average Bonchev–Trinajstić information content (AvgIpc) is 2.87. The van der Waals surface area contributed by atoms with Crippen molar-refractivity contribution in [3.05, 3.63) is 0 Å². The minimum absolute atomic E-state index is 0. The Kier molecular flexibility index (Phi) is 12.5. The first-order valence-corrected chi connectivity index (χ1v) is 7.29. The number of hydrogen-bond acceptors (Lipinski definition) is 3. The first-order valence-electron chi connectivity index (χ1n) is 7.29. The van der Waals surface area contributed by atoms with Gasteiger partial charge in [0.1, 0.15) is 0 Å². The highest BCUT2D eigenvalue weighted by Crippen LogP contribution is 2.28. The Morgan fingerprint density at radius 1 is 1.21 bits per heavy atom. The number of unbranched alkanes of at least 4 members (excludes halogenated alkanes) is 1. The highest BCUT2D eigenvalue weighted by Gasteiger charge is 2.13. The third-order valence-corrected chi connectivity index (χ3v) is 3.60. The van der Waals surface area contributed by atoms with Gasteiger partial charge in [-0.05, 0) is 12.3 Å². The van der Waals surface area contributed by atoms with Crippen LogP contribution in [-0.4, -0.2) is 39.3 Å². The molecular weight excluding hydrogens is 264 g/mol. The molecule has 0 unspecified atom stereocenters. The molecule has 4 nitrogen and oxygen atoms in total. The van der Waals surface area contributed by atoms with Gasteiger partial charge in [-0.2, -0.15) is 0 Å². The van der Waals surface area contributed by atoms with Crippen molar-refractivity contribution in [3.63, 3.8) is 0 Å². The van der Waals surface area contributed by atoms with E-state index in [0.29, 0.717) is 13.2 Å². The van der Waals surface area contributed by atoms with Crippen molar-refractivity contribution in [2.24, 2.45) is 5.92 Å². The topological polar surface area (TPSA) is 50.4 Å². The third kappa shape index (κ3) is 10.2. The van der Waals surface area contributed by atoms with Crippen molar-refractivity contribution < 1.29 is 9.53 Å². The lowest BCUT2D eigenvalue weighted by atomic mass is 10.0. The SMILES string of the molecule is COCCNCC(=O)NCCCCC1CCCC1.Cl. The number of halogens is 1. The van der Waals surface area contributed by atoms with Crippen LogP contribution in [0.4, 0.5) is 0 Å². The van der Waals surface area contributed by atoms with E-state index in [1.54, 1.807) is 7.11 Å². The molecule has 0 aromatic rings. The molecule has 5 heteroatoms. The van der Waals surface area contributed by atoms with Crippen LogP contribution in [0.25, 0.3) is 0 Å². The van der Waals surface area contributed by atoms with Crippen LogP contribution in [0.1, 0.15) is 44.9 Å². The molecule has 0 saturated heterocycles. The van der Waals surface area contributed by atoms with Gasteiger partial charge in [-0.1, -0.05) is 38.5 Å². The molecule has 1 saturated carbocycles. The van der Waals surface area contributed by atoms with Crippen LogP contribution >= 0.6 is 12.4 Å². The number of methoxy groups -OCH3 is 1. The van der Waals surface area contributed by atoms with Crippen molar-refractivity contribution in [2.75, 3.05) is 33.4 Å². The van der Waals surface area contributed by atoms with Gasteiger partial charge in [0.05, 0.1) is 13.2 Å². The van der Waals surface area contributed by atoms with E-state index in [0.717, 1.165) is 25.4 Å². The van der Waals surface area contributed by atoms with Crippen molar-refractivity contribution >= 4 is 18.3 Å². The van der Waals surface area contributed by atoms with Gasteiger partial charge < -0.3 is 15.4 Å². The fourth-order valence-corrected chi connectivity index (χ4v) is 2.52. The Hall–Kier alpha value is -0.320. The Balaban J connectivity index is 0.00000324. The van der Waals surface area contributed by atoms with E-state index < -0.39 is 0 Å². The van der Waals surface area contributed by atoms with Crippen molar-refractivity contribution in [2.45, 2.75) is 44.9 Å². The summed E-state index contributed by atoms with van der Waals surface area (Å²) in [5, 5.41) is 5.98. The van der Waals surface area contributed by atoms with Gasteiger partial charge in [0, 0.05) is 20.2 Å². The molecule has 1 amide bonds. The molecule has 2 N–H and O–H groups in total. The number of amides is 1. The van der Waals surface area contributed by atoms with Gasteiger partial charge in [0.25, 0.3) is 0 Å². The molecular formula is C14H29ClN2O2. The zero-order valence-corrected chi connectivity index (χ0v) is 12.9. The zero-order chi connectivity index (χ0) is 13.1. The van der Waals surface area contributed by atoms with E-state index in [9.17, 15) is 4.79 Å². The standard InChI is InChI=1S/C14H28N2O2.ClH/c1-18-11-10-15-12-14(17)16-9-5-4-8-13-6-2-3-7-13;/h13,15H,2-12H2,1H3,(H,16,17);1H. The summed E-state index contributed by atoms with van der Waals surface area (Å²) in [6, 6.07) is 0. The molecule has 0 bridgehead atoms. The highest BCUT2D eigenvalue weighted by molar-refractivity contribution is 5.85. The van der Waals surface area contributed by atoms with Gasteiger partial charge in [-0.3, -0.25) is 4.79 Å². The number of hydrogen-bond donors (Lipinski definition) is 2. The van der Waals surface area contributed by atoms with E-state index in [1.165, 1.54) is 38.5 Å². The molecule has 0 heterocycles. The molecule has 0 aromatic carbocycles. The fourth-order valence-electron chi connectivity index (χ4n) is 2.52. The van der Waals surface area contributed by atoms with Crippen molar-refractivity contribution in [1.82, 2.24) is 10.6 Å². The van der Waals surface area contributed by atoms with E-state index in [-0.39, 0.29) is 18.3 Å². The molecule has 114 valence electrons. The van der Waals surface area contributed by atoms with Gasteiger partial charge in [0.2, 0.25) is 5.91 Å². The van der Waals surface area contributed by atoms with Crippen molar-refractivity contribution in [3.8, 4) is 0 Å². The average molecular weight is 293 g/mol. The maximum Gasteiger partial charge on any atom is 0.233 e. The molecule has 0 spiro atoms. The molecule has 1 rings (SSSR count). The van der Waals surface area contributed by atoms with Gasteiger partial charge >= 0.3 is 0 Å². The lowest BCUT2D eigenvalue weighted by Crippen LogP contribution is -2.35. The van der Waals surface area contributed by atoms with Gasteiger partial charge in [-0.15, -0.1) is 12.4 Å². The minimum atomic E-state index is 0. The number of rotatable bonds is 10. The maximum absolute atomic E-state index is 11.4. The minimum Gasteiger partial charge on any atom is -0.383 e.